The Labute approximate surface area is 197 Å². The van der Waals surface area contributed by atoms with Gasteiger partial charge in [0, 0.05) is 25.7 Å². The van der Waals surface area contributed by atoms with Crippen molar-refractivity contribution < 1.29 is 14.3 Å². The van der Waals surface area contributed by atoms with Crippen molar-refractivity contribution in [3.63, 3.8) is 0 Å². The van der Waals surface area contributed by atoms with E-state index in [-0.39, 0.29) is 17.8 Å². The number of amides is 1. The van der Waals surface area contributed by atoms with E-state index in [1.54, 1.807) is 16.6 Å². The fraction of sp³-hybridized carbons (Fsp3) is 0.200. The predicted molar refractivity (Wildman–Crippen MR) is 130 cm³/mol. The molecule has 1 aromatic heterocycles. The van der Waals surface area contributed by atoms with E-state index in [1.165, 1.54) is 6.08 Å². The molecule has 174 valence electrons. The van der Waals surface area contributed by atoms with Crippen LogP contribution in [0.4, 0.5) is 0 Å². The number of ether oxygens (including phenoxy) is 1. The average molecular weight is 459 g/mol. The zero-order valence-electron chi connectivity index (χ0n) is 18.8. The summed E-state index contributed by atoms with van der Waals surface area (Å²) in [6.45, 7) is 4.54. The summed E-state index contributed by atoms with van der Waals surface area (Å²) in [5.74, 6) is 1.40. The van der Waals surface area contributed by atoms with Crippen LogP contribution < -0.4 is 15.9 Å². The number of nitrogens with two attached hydrogens (primary N) is 1. The molecule has 0 spiro atoms. The van der Waals surface area contributed by atoms with Gasteiger partial charge in [-0.1, -0.05) is 24.8 Å². The van der Waals surface area contributed by atoms with E-state index in [4.69, 9.17) is 15.6 Å². The molecule has 1 aliphatic rings. The molecule has 4 rings (SSSR count). The molecule has 1 atom stereocenters. The number of aldehydes is 1. The molecule has 3 N–H and O–H groups in total. The van der Waals surface area contributed by atoms with Gasteiger partial charge < -0.3 is 20.8 Å². The summed E-state index contributed by atoms with van der Waals surface area (Å²) in [5, 5.41) is 8.85. The summed E-state index contributed by atoms with van der Waals surface area (Å²) in [6, 6.07) is 16.7. The number of nitrogens with zero attached hydrogens (tertiary/aromatic N) is 4. The Morgan fingerprint density at radius 1 is 1.21 bits per heavy atom. The summed E-state index contributed by atoms with van der Waals surface area (Å²) in [4.78, 5) is 25.9. The molecule has 2 heterocycles. The second-order valence-corrected chi connectivity index (χ2v) is 7.76. The number of nitrogens with one attached hydrogen (secondary N) is 1. The topological polar surface area (TPSA) is 115 Å². The second kappa shape index (κ2) is 10.0. The lowest BCUT2D eigenvalue weighted by molar-refractivity contribution is -0.125. The molecule has 1 aliphatic heterocycles. The van der Waals surface area contributed by atoms with Gasteiger partial charge in [0.1, 0.15) is 22.9 Å². The van der Waals surface area contributed by atoms with E-state index in [1.807, 2.05) is 54.6 Å². The molecule has 0 bridgehead atoms. The van der Waals surface area contributed by atoms with Gasteiger partial charge in [0.05, 0.1) is 11.6 Å². The third-order valence-electron chi connectivity index (χ3n) is 5.65. The summed E-state index contributed by atoms with van der Waals surface area (Å²) < 4.78 is 7.53. The maximum Gasteiger partial charge on any atom is 0.246 e. The van der Waals surface area contributed by atoms with Crippen LogP contribution in [-0.2, 0) is 4.79 Å². The van der Waals surface area contributed by atoms with E-state index in [0.29, 0.717) is 42.2 Å². The molecule has 9 nitrogen and oxygen atoms in total. The second-order valence-electron chi connectivity index (χ2n) is 7.76. The lowest BCUT2D eigenvalue weighted by Gasteiger charge is -2.15. The third kappa shape index (κ3) is 4.54. The van der Waals surface area contributed by atoms with Crippen LogP contribution in [0.25, 0.3) is 11.3 Å². The van der Waals surface area contributed by atoms with Crippen LogP contribution >= 0.6 is 0 Å². The summed E-state index contributed by atoms with van der Waals surface area (Å²) >= 11 is 0. The van der Waals surface area contributed by atoms with Gasteiger partial charge in [0.25, 0.3) is 0 Å². The molecular weight excluding hydrogens is 432 g/mol. The minimum atomic E-state index is -0.167. The van der Waals surface area contributed by atoms with Gasteiger partial charge in [0.2, 0.25) is 5.91 Å². The maximum absolute atomic E-state index is 12.2. The lowest BCUT2D eigenvalue weighted by Crippen LogP contribution is -2.27. The van der Waals surface area contributed by atoms with Crippen molar-refractivity contribution >= 4 is 18.0 Å². The highest BCUT2D eigenvalue weighted by Crippen LogP contribution is 2.32. The Bertz CT molecular complexity index is 1220. The van der Waals surface area contributed by atoms with Crippen LogP contribution in [0.1, 0.15) is 28.5 Å². The van der Waals surface area contributed by atoms with Crippen LogP contribution in [0.15, 0.2) is 72.4 Å². The van der Waals surface area contributed by atoms with Gasteiger partial charge in [-0.25, -0.2) is 0 Å². The molecule has 0 aliphatic carbocycles. The van der Waals surface area contributed by atoms with Crippen molar-refractivity contribution in [2.75, 3.05) is 20.1 Å². The standard InChI is InChI=1S/C25H26N6O3/c1-3-22(33)30-14-13-18(15-30)31-21(16-32)23(25(26)28-27-2)24(29-31)17-9-11-20(12-10-17)34-19-7-5-4-6-8-19/h3-12,16,18,27H,1,13-15H2,2H3,(H2,26,28). The number of carbonyl (C=O) groups excluding carboxylic acids is 2. The zero-order valence-corrected chi connectivity index (χ0v) is 18.8. The molecule has 2 aromatic carbocycles. The Balaban J connectivity index is 1.71. The maximum atomic E-state index is 12.2. The Morgan fingerprint density at radius 3 is 2.56 bits per heavy atom. The van der Waals surface area contributed by atoms with Gasteiger partial charge in [-0.3, -0.25) is 14.3 Å². The van der Waals surface area contributed by atoms with Crippen molar-refractivity contribution in [3.05, 3.63) is 78.5 Å². The Hall–Kier alpha value is -4.40. The number of likely N-dealkylation sites (tertiary alicyclic amines) is 1. The van der Waals surface area contributed by atoms with Gasteiger partial charge in [-0.05, 0) is 48.9 Å². The van der Waals surface area contributed by atoms with Gasteiger partial charge in [-0.2, -0.15) is 10.2 Å². The molecule has 0 radical (unpaired) electrons. The minimum absolute atomic E-state index is 0.145. The third-order valence-corrected chi connectivity index (χ3v) is 5.65. The Morgan fingerprint density at radius 2 is 1.91 bits per heavy atom. The lowest BCUT2D eigenvalue weighted by atomic mass is 10.0. The van der Waals surface area contributed by atoms with Gasteiger partial charge >= 0.3 is 0 Å². The number of carbonyl (C=O) groups is 2. The van der Waals surface area contributed by atoms with Gasteiger partial charge in [-0.15, -0.1) is 0 Å². The van der Waals surface area contributed by atoms with Crippen molar-refractivity contribution in [2.24, 2.45) is 10.8 Å². The molecule has 0 saturated carbocycles. The number of para-hydroxylation sites is 1. The first kappa shape index (κ1) is 22.8. The molecule has 1 unspecified atom stereocenters. The van der Waals surface area contributed by atoms with Crippen LogP contribution in [0.5, 0.6) is 11.5 Å². The summed E-state index contributed by atoms with van der Waals surface area (Å²) in [6.07, 6.45) is 2.68. The van der Waals surface area contributed by atoms with Gasteiger partial charge in [0.15, 0.2) is 12.1 Å². The number of hydrogen-bond acceptors (Lipinski definition) is 6. The first-order valence-corrected chi connectivity index (χ1v) is 10.9. The first-order chi connectivity index (χ1) is 16.5. The quantitative estimate of drug-likeness (QED) is 0.176. The van der Waals surface area contributed by atoms with Crippen molar-refractivity contribution in [3.8, 4) is 22.8 Å². The monoisotopic (exact) mass is 458 g/mol. The van der Waals surface area contributed by atoms with Crippen LogP contribution in [-0.4, -0.2) is 52.8 Å². The molecular formula is C25H26N6O3. The number of aromatic nitrogens is 2. The van der Waals surface area contributed by atoms with E-state index in [0.717, 1.165) is 17.6 Å². The highest BCUT2D eigenvalue weighted by atomic mass is 16.5. The van der Waals surface area contributed by atoms with E-state index < -0.39 is 0 Å². The molecule has 3 aromatic rings. The molecule has 1 fully saturated rings. The fourth-order valence-electron chi connectivity index (χ4n) is 4.05. The number of benzene rings is 2. The number of amidine groups is 1. The smallest absolute Gasteiger partial charge is 0.246 e. The summed E-state index contributed by atoms with van der Waals surface area (Å²) in [7, 11) is 1.63. The van der Waals surface area contributed by atoms with E-state index >= 15 is 0 Å². The number of hydrogen-bond donors (Lipinski definition) is 2. The number of rotatable bonds is 8. The van der Waals surface area contributed by atoms with Crippen LogP contribution in [0.3, 0.4) is 0 Å². The molecule has 34 heavy (non-hydrogen) atoms. The predicted octanol–water partition coefficient (Wildman–Crippen LogP) is 2.95. The fourth-order valence-corrected chi connectivity index (χ4v) is 4.05. The number of hydrazone groups is 1. The van der Waals surface area contributed by atoms with E-state index in [2.05, 4.69) is 17.1 Å². The highest BCUT2D eigenvalue weighted by Gasteiger charge is 2.31. The molecule has 1 saturated heterocycles. The van der Waals surface area contributed by atoms with Crippen molar-refractivity contribution in [1.29, 1.82) is 0 Å². The van der Waals surface area contributed by atoms with Crippen molar-refractivity contribution in [2.45, 2.75) is 12.5 Å². The normalized spacial score (nSPS) is 15.7. The SMILES string of the molecule is C=CC(=O)N1CCC(n2nc(-c3ccc(Oc4ccccc4)cc3)c(/C(N)=N\NC)c2C=O)C1. The molecule has 1 amide bonds. The summed E-state index contributed by atoms with van der Waals surface area (Å²) in [5.41, 5.74) is 10.9. The molecule has 9 heteroatoms. The largest absolute Gasteiger partial charge is 0.457 e. The van der Waals surface area contributed by atoms with Crippen LogP contribution in [0, 0.1) is 0 Å². The minimum Gasteiger partial charge on any atom is -0.457 e. The van der Waals surface area contributed by atoms with Crippen molar-refractivity contribution in [1.82, 2.24) is 20.1 Å². The first-order valence-electron chi connectivity index (χ1n) is 10.9. The zero-order chi connectivity index (χ0) is 24.1. The van der Waals surface area contributed by atoms with E-state index in [9.17, 15) is 9.59 Å². The Kier molecular flexibility index (Phi) is 6.72. The van der Waals surface area contributed by atoms with Crippen LogP contribution in [0.2, 0.25) is 0 Å². The highest BCUT2D eigenvalue weighted by molar-refractivity contribution is 6.07. The average Bonchev–Trinajstić information content (AvgIpc) is 3.50.